The smallest absolute Gasteiger partial charge is 0.175 e. The summed E-state index contributed by atoms with van der Waals surface area (Å²) in [4.78, 5) is 0.259. The van der Waals surface area contributed by atoms with Crippen molar-refractivity contribution < 1.29 is 18.3 Å². The molecule has 0 radical (unpaired) electrons. The lowest BCUT2D eigenvalue weighted by atomic mass is 10.1. The van der Waals surface area contributed by atoms with Crippen LogP contribution in [0.1, 0.15) is 13.8 Å². The van der Waals surface area contributed by atoms with Crippen LogP contribution in [0.15, 0.2) is 29.2 Å². The molecule has 1 aromatic carbocycles. The summed E-state index contributed by atoms with van der Waals surface area (Å²) in [6.45, 7) is 4.01. The summed E-state index contributed by atoms with van der Waals surface area (Å²) in [7, 11) is -3.17. The van der Waals surface area contributed by atoms with Crippen LogP contribution in [0.4, 0.5) is 0 Å². The fraction of sp³-hybridized carbons (Fsp3) is 0.500. The Morgan fingerprint density at radius 1 is 1.24 bits per heavy atom. The molecular weight excluding hydrogens is 240 g/mol. The molecule has 0 aliphatic heterocycles. The number of sulfone groups is 1. The van der Waals surface area contributed by atoms with Crippen molar-refractivity contribution in [2.75, 3.05) is 12.9 Å². The first-order chi connectivity index (χ1) is 7.80. The highest BCUT2D eigenvalue weighted by molar-refractivity contribution is 7.90. The van der Waals surface area contributed by atoms with E-state index in [4.69, 9.17) is 4.74 Å². The zero-order valence-electron chi connectivity index (χ0n) is 10.3. The van der Waals surface area contributed by atoms with Crippen LogP contribution in [0, 0.1) is 5.92 Å². The topological polar surface area (TPSA) is 63.6 Å². The Morgan fingerprint density at radius 2 is 1.76 bits per heavy atom. The Kier molecular flexibility index (Phi) is 4.54. The predicted molar refractivity (Wildman–Crippen MR) is 65.9 cm³/mol. The monoisotopic (exact) mass is 258 g/mol. The van der Waals surface area contributed by atoms with Gasteiger partial charge in [-0.05, 0) is 30.2 Å². The van der Waals surface area contributed by atoms with E-state index < -0.39 is 15.9 Å². The molecule has 0 amide bonds. The maximum absolute atomic E-state index is 11.2. The molecule has 0 aromatic heterocycles. The molecule has 4 nitrogen and oxygen atoms in total. The molecule has 0 aliphatic rings. The van der Waals surface area contributed by atoms with Crippen LogP contribution in [0.5, 0.6) is 5.75 Å². The molecule has 0 spiro atoms. The lowest BCUT2D eigenvalue weighted by Gasteiger charge is -2.15. The van der Waals surface area contributed by atoms with Crippen LogP contribution in [0.25, 0.3) is 0 Å². The van der Waals surface area contributed by atoms with Gasteiger partial charge in [-0.25, -0.2) is 8.42 Å². The van der Waals surface area contributed by atoms with Crippen molar-refractivity contribution >= 4 is 9.84 Å². The molecule has 1 unspecified atom stereocenters. The molecular formula is C12H18O4S. The van der Waals surface area contributed by atoms with E-state index in [1.54, 1.807) is 12.1 Å². The number of hydrogen-bond acceptors (Lipinski definition) is 4. The molecule has 17 heavy (non-hydrogen) atoms. The molecule has 1 atom stereocenters. The average Bonchev–Trinajstić information content (AvgIpc) is 2.25. The van der Waals surface area contributed by atoms with E-state index >= 15 is 0 Å². The second-order valence-electron chi connectivity index (χ2n) is 4.37. The first-order valence-electron chi connectivity index (χ1n) is 5.41. The van der Waals surface area contributed by atoms with Crippen LogP contribution in [-0.4, -0.2) is 32.5 Å². The first kappa shape index (κ1) is 14.0. The fourth-order valence-electron chi connectivity index (χ4n) is 1.16. The molecule has 96 valence electrons. The van der Waals surface area contributed by atoms with Crippen molar-refractivity contribution in [3.05, 3.63) is 24.3 Å². The number of ether oxygens (including phenoxy) is 1. The van der Waals surface area contributed by atoms with Crippen molar-refractivity contribution in [1.29, 1.82) is 0 Å². The minimum atomic E-state index is -3.17. The third-order valence-corrected chi connectivity index (χ3v) is 3.57. The number of hydrogen-bond donors (Lipinski definition) is 1. The van der Waals surface area contributed by atoms with Gasteiger partial charge in [0, 0.05) is 6.26 Å². The lowest BCUT2D eigenvalue weighted by Crippen LogP contribution is -2.23. The molecule has 0 saturated heterocycles. The van der Waals surface area contributed by atoms with E-state index in [0.29, 0.717) is 5.75 Å². The van der Waals surface area contributed by atoms with Gasteiger partial charge in [0.1, 0.15) is 12.4 Å². The SMILES string of the molecule is CC(C)C(O)COc1ccc(S(C)(=O)=O)cc1. The number of rotatable bonds is 5. The van der Waals surface area contributed by atoms with Crippen LogP contribution in [0.3, 0.4) is 0 Å². The maximum atomic E-state index is 11.2. The molecule has 1 rings (SSSR count). The zero-order valence-corrected chi connectivity index (χ0v) is 11.1. The summed E-state index contributed by atoms with van der Waals surface area (Å²) in [5, 5.41) is 9.55. The minimum absolute atomic E-state index is 0.130. The average molecular weight is 258 g/mol. The highest BCUT2D eigenvalue weighted by Crippen LogP contribution is 2.16. The van der Waals surface area contributed by atoms with E-state index in [9.17, 15) is 13.5 Å². The van der Waals surface area contributed by atoms with Gasteiger partial charge in [0.05, 0.1) is 11.0 Å². The quantitative estimate of drug-likeness (QED) is 0.869. The van der Waals surface area contributed by atoms with E-state index in [0.717, 1.165) is 6.26 Å². The van der Waals surface area contributed by atoms with Gasteiger partial charge < -0.3 is 9.84 Å². The summed E-state index contributed by atoms with van der Waals surface area (Å²) in [5.41, 5.74) is 0. The Labute approximate surface area is 102 Å². The number of aliphatic hydroxyl groups excluding tert-OH is 1. The van der Waals surface area contributed by atoms with Gasteiger partial charge in [0.2, 0.25) is 0 Å². The maximum Gasteiger partial charge on any atom is 0.175 e. The van der Waals surface area contributed by atoms with Gasteiger partial charge in [-0.15, -0.1) is 0 Å². The van der Waals surface area contributed by atoms with E-state index in [2.05, 4.69) is 0 Å². The predicted octanol–water partition coefficient (Wildman–Crippen LogP) is 1.49. The van der Waals surface area contributed by atoms with Crippen LogP contribution < -0.4 is 4.74 Å². The van der Waals surface area contributed by atoms with Gasteiger partial charge in [-0.1, -0.05) is 13.8 Å². The standard InChI is InChI=1S/C12H18O4S/c1-9(2)12(13)8-16-10-4-6-11(7-5-10)17(3,14)15/h4-7,9,12-13H,8H2,1-3H3. The van der Waals surface area contributed by atoms with Gasteiger partial charge in [0.15, 0.2) is 9.84 Å². The van der Waals surface area contributed by atoms with E-state index in [-0.39, 0.29) is 17.4 Å². The Bertz CT molecular complexity index is 448. The molecule has 0 bridgehead atoms. The van der Waals surface area contributed by atoms with Gasteiger partial charge in [-0.3, -0.25) is 0 Å². The second kappa shape index (κ2) is 5.51. The minimum Gasteiger partial charge on any atom is -0.491 e. The van der Waals surface area contributed by atoms with Crippen molar-refractivity contribution in [2.45, 2.75) is 24.8 Å². The Morgan fingerprint density at radius 3 is 2.18 bits per heavy atom. The Hall–Kier alpha value is -1.07. The lowest BCUT2D eigenvalue weighted by molar-refractivity contribution is 0.0701. The normalized spacial score (nSPS) is 13.7. The zero-order chi connectivity index (χ0) is 13.1. The van der Waals surface area contributed by atoms with Crippen molar-refractivity contribution in [3.63, 3.8) is 0 Å². The summed E-state index contributed by atoms with van der Waals surface area (Å²) < 4.78 is 27.8. The molecule has 5 heteroatoms. The second-order valence-corrected chi connectivity index (χ2v) is 6.38. The third kappa shape index (κ3) is 4.36. The van der Waals surface area contributed by atoms with Crippen LogP contribution in [0.2, 0.25) is 0 Å². The van der Waals surface area contributed by atoms with Gasteiger partial charge in [0.25, 0.3) is 0 Å². The van der Waals surface area contributed by atoms with Gasteiger partial charge >= 0.3 is 0 Å². The number of benzene rings is 1. The largest absolute Gasteiger partial charge is 0.491 e. The summed E-state index contributed by atoms with van der Waals surface area (Å²) in [6.07, 6.45) is 0.635. The fourth-order valence-corrected chi connectivity index (χ4v) is 1.79. The summed E-state index contributed by atoms with van der Waals surface area (Å²) >= 11 is 0. The van der Waals surface area contributed by atoms with Crippen molar-refractivity contribution in [3.8, 4) is 5.75 Å². The van der Waals surface area contributed by atoms with Crippen LogP contribution in [-0.2, 0) is 9.84 Å². The van der Waals surface area contributed by atoms with Crippen LogP contribution >= 0.6 is 0 Å². The molecule has 0 saturated carbocycles. The number of aliphatic hydroxyl groups is 1. The molecule has 0 fully saturated rings. The first-order valence-corrected chi connectivity index (χ1v) is 7.31. The summed E-state index contributed by atoms with van der Waals surface area (Å²) in [6, 6.07) is 6.16. The molecule has 0 heterocycles. The molecule has 0 aliphatic carbocycles. The van der Waals surface area contributed by atoms with Crippen molar-refractivity contribution in [1.82, 2.24) is 0 Å². The van der Waals surface area contributed by atoms with E-state index in [1.807, 2.05) is 13.8 Å². The molecule has 1 N–H and O–H groups in total. The van der Waals surface area contributed by atoms with E-state index in [1.165, 1.54) is 12.1 Å². The highest BCUT2D eigenvalue weighted by atomic mass is 32.2. The Balaban J connectivity index is 2.64. The third-order valence-electron chi connectivity index (χ3n) is 2.44. The highest BCUT2D eigenvalue weighted by Gasteiger charge is 2.10. The summed E-state index contributed by atoms with van der Waals surface area (Å²) in [5.74, 6) is 0.683. The van der Waals surface area contributed by atoms with Crippen molar-refractivity contribution in [2.24, 2.45) is 5.92 Å². The molecule has 1 aromatic rings. The van der Waals surface area contributed by atoms with Gasteiger partial charge in [-0.2, -0.15) is 0 Å².